The maximum Gasteiger partial charge on any atom is 0.317 e. The number of carbonyl (C=O) groups is 1. The minimum atomic E-state index is -0.711. The highest BCUT2D eigenvalue weighted by Gasteiger charge is 2.46. The number of ether oxygens (including phenoxy) is 1. The second kappa shape index (κ2) is 5.69. The monoisotopic (exact) mass is 305 g/mol. The van der Waals surface area contributed by atoms with Gasteiger partial charge >= 0.3 is 5.97 Å². The molecule has 0 spiro atoms. The largest absolute Gasteiger partial charge is 0.459 e. The van der Waals surface area contributed by atoms with Crippen molar-refractivity contribution in [3.8, 4) is 6.07 Å². The Kier molecular flexibility index (Phi) is 4.30. The summed E-state index contributed by atoms with van der Waals surface area (Å²) in [7, 11) is 0. The van der Waals surface area contributed by atoms with Gasteiger partial charge in [0, 0.05) is 5.02 Å². The molecule has 21 heavy (non-hydrogen) atoms. The molecule has 0 heterocycles. The highest BCUT2D eigenvalue weighted by molar-refractivity contribution is 6.31. The number of hydrogen-bond acceptors (Lipinski definition) is 3. The molecule has 4 heteroatoms. The van der Waals surface area contributed by atoms with Gasteiger partial charge in [-0.15, -0.1) is 0 Å². The van der Waals surface area contributed by atoms with E-state index in [-0.39, 0.29) is 5.97 Å². The van der Waals surface area contributed by atoms with Crippen molar-refractivity contribution >= 4 is 17.6 Å². The zero-order chi connectivity index (χ0) is 15.7. The molecule has 1 saturated carbocycles. The van der Waals surface area contributed by atoms with Crippen LogP contribution in [0.1, 0.15) is 57.6 Å². The molecule has 1 aliphatic carbocycles. The van der Waals surface area contributed by atoms with E-state index in [1.807, 2.05) is 20.8 Å². The Morgan fingerprint density at radius 1 is 1.33 bits per heavy atom. The lowest BCUT2D eigenvalue weighted by molar-refractivity contribution is -0.162. The average molecular weight is 306 g/mol. The van der Waals surface area contributed by atoms with Gasteiger partial charge in [-0.1, -0.05) is 24.4 Å². The van der Waals surface area contributed by atoms with Crippen LogP contribution in [0.2, 0.25) is 5.02 Å². The topological polar surface area (TPSA) is 50.1 Å². The van der Waals surface area contributed by atoms with Crippen molar-refractivity contribution in [3.63, 3.8) is 0 Å². The molecule has 1 aromatic carbocycles. The molecule has 112 valence electrons. The Hall–Kier alpha value is -1.53. The van der Waals surface area contributed by atoms with Crippen molar-refractivity contribution in [3.05, 3.63) is 34.3 Å². The average Bonchev–Trinajstić information content (AvgIpc) is 2.88. The molecule has 0 bridgehead atoms. The van der Waals surface area contributed by atoms with E-state index < -0.39 is 11.0 Å². The van der Waals surface area contributed by atoms with E-state index in [9.17, 15) is 4.79 Å². The first-order valence-corrected chi connectivity index (χ1v) is 7.60. The number of benzene rings is 1. The van der Waals surface area contributed by atoms with Crippen LogP contribution in [0.15, 0.2) is 18.2 Å². The fourth-order valence-electron chi connectivity index (χ4n) is 2.90. The van der Waals surface area contributed by atoms with Crippen LogP contribution in [0.5, 0.6) is 0 Å². The highest BCUT2D eigenvalue weighted by atomic mass is 35.5. The van der Waals surface area contributed by atoms with Gasteiger partial charge in [-0.05, 0) is 57.4 Å². The molecule has 0 amide bonds. The van der Waals surface area contributed by atoms with E-state index in [0.29, 0.717) is 10.6 Å². The van der Waals surface area contributed by atoms with Gasteiger partial charge in [-0.25, -0.2) is 0 Å². The van der Waals surface area contributed by atoms with Gasteiger partial charge in [0.15, 0.2) is 0 Å². The molecular formula is C17H20ClNO2. The van der Waals surface area contributed by atoms with Gasteiger partial charge in [0.05, 0.1) is 17.0 Å². The fourth-order valence-corrected chi connectivity index (χ4v) is 3.20. The highest BCUT2D eigenvalue weighted by Crippen LogP contribution is 2.45. The Morgan fingerprint density at radius 2 is 1.95 bits per heavy atom. The molecule has 0 unspecified atom stereocenters. The molecule has 0 saturated heterocycles. The number of carbonyl (C=O) groups excluding carboxylic acids is 1. The number of halogens is 1. The third-order valence-electron chi connectivity index (χ3n) is 3.86. The lowest BCUT2D eigenvalue weighted by Crippen LogP contribution is -2.39. The molecule has 2 rings (SSSR count). The molecule has 1 fully saturated rings. The normalized spacial score (nSPS) is 17.3. The van der Waals surface area contributed by atoms with Gasteiger partial charge in [-0.3, -0.25) is 4.79 Å². The Bertz CT molecular complexity index is 590. The second-order valence-electron chi connectivity index (χ2n) is 6.60. The van der Waals surface area contributed by atoms with Crippen molar-refractivity contribution in [2.45, 2.75) is 57.5 Å². The SMILES string of the molecule is CC(C)(C)OC(=O)C1(c2cc(C#N)ccc2Cl)CCCC1. The summed E-state index contributed by atoms with van der Waals surface area (Å²) in [4.78, 5) is 12.8. The summed E-state index contributed by atoms with van der Waals surface area (Å²) in [5.41, 5.74) is 0.00245. The predicted octanol–water partition coefficient (Wildman–Crippen LogP) is 4.37. The maximum atomic E-state index is 12.8. The molecule has 0 atom stereocenters. The van der Waals surface area contributed by atoms with E-state index in [1.165, 1.54) is 0 Å². The van der Waals surface area contributed by atoms with Crippen molar-refractivity contribution in [1.29, 1.82) is 5.26 Å². The van der Waals surface area contributed by atoms with Crippen LogP contribution in [0.25, 0.3) is 0 Å². The molecule has 0 aromatic heterocycles. The van der Waals surface area contributed by atoms with Crippen LogP contribution >= 0.6 is 11.6 Å². The van der Waals surface area contributed by atoms with E-state index in [4.69, 9.17) is 21.6 Å². The van der Waals surface area contributed by atoms with Crippen LogP contribution in [0, 0.1) is 11.3 Å². The minimum Gasteiger partial charge on any atom is -0.459 e. The van der Waals surface area contributed by atoms with Gasteiger partial charge in [0.25, 0.3) is 0 Å². The van der Waals surface area contributed by atoms with Crippen LogP contribution < -0.4 is 0 Å². The zero-order valence-corrected chi connectivity index (χ0v) is 13.5. The molecule has 0 radical (unpaired) electrons. The minimum absolute atomic E-state index is 0.232. The smallest absolute Gasteiger partial charge is 0.317 e. The molecule has 1 aromatic rings. The molecule has 1 aliphatic rings. The Labute approximate surface area is 130 Å². The third kappa shape index (κ3) is 3.22. The summed E-state index contributed by atoms with van der Waals surface area (Å²) in [5, 5.41) is 9.62. The predicted molar refractivity (Wildman–Crippen MR) is 82.2 cm³/mol. The number of rotatable bonds is 2. The first-order valence-electron chi connectivity index (χ1n) is 7.22. The van der Waals surface area contributed by atoms with Gasteiger partial charge in [0.2, 0.25) is 0 Å². The third-order valence-corrected chi connectivity index (χ3v) is 4.19. The zero-order valence-electron chi connectivity index (χ0n) is 12.7. The van der Waals surface area contributed by atoms with Crippen molar-refractivity contribution in [1.82, 2.24) is 0 Å². The summed E-state index contributed by atoms with van der Waals surface area (Å²) >= 11 is 6.32. The molecule has 3 nitrogen and oxygen atoms in total. The van der Waals surface area contributed by atoms with Gasteiger partial charge < -0.3 is 4.74 Å². The molecular weight excluding hydrogens is 286 g/mol. The second-order valence-corrected chi connectivity index (χ2v) is 7.00. The van der Waals surface area contributed by atoms with Gasteiger partial charge in [0.1, 0.15) is 5.60 Å². The van der Waals surface area contributed by atoms with E-state index in [0.717, 1.165) is 31.2 Å². The summed E-state index contributed by atoms with van der Waals surface area (Å²) in [6.07, 6.45) is 3.37. The van der Waals surface area contributed by atoms with E-state index in [2.05, 4.69) is 6.07 Å². The number of nitriles is 1. The number of hydrogen-bond donors (Lipinski definition) is 0. The lowest BCUT2D eigenvalue weighted by atomic mass is 9.78. The Balaban J connectivity index is 2.48. The first kappa shape index (κ1) is 15.9. The van der Waals surface area contributed by atoms with Crippen molar-refractivity contribution in [2.24, 2.45) is 0 Å². The first-order chi connectivity index (χ1) is 9.78. The van der Waals surface area contributed by atoms with Crippen molar-refractivity contribution in [2.75, 3.05) is 0 Å². The van der Waals surface area contributed by atoms with E-state index in [1.54, 1.807) is 18.2 Å². The quantitative estimate of drug-likeness (QED) is 0.763. The van der Waals surface area contributed by atoms with Crippen LogP contribution in [-0.4, -0.2) is 11.6 Å². The molecule has 0 N–H and O–H groups in total. The summed E-state index contributed by atoms with van der Waals surface area (Å²) in [6, 6.07) is 7.21. The molecule has 0 aliphatic heterocycles. The van der Waals surface area contributed by atoms with E-state index >= 15 is 0 Å². The Morgan fingerprint density at radius 3 is 2.48 bits per heavy atom. The number of nitrogens with zero attached hydrogens (tertiary/aromatic N) is 1. The lowest BCUT2D eigenvalue weighted by Gasteiger charge is -2.32. The fraction of sp³-hybridized carbons (Fsp3) is 0.529. The standard InChI is InChI=1S/C17H20ClNO2/c1-16(2,3)21-15(20)17(8-4-5-9-17)13-10-12(11-19)6-7-14(13)18/h6-7,10H,4-5,8-9H2,1-3H3. The van der Waals surface area contributed by atoms with Crippen molar-refractivity contribution < 1.29 is 9.53 Å². The maximum absolute atomic E-state index is 12.8. The number of esters is 1. The van der Waals surface area contributed by atoms with Crippen LogP contribution in [0.3, 0.4) is 0 Å². The van der Waals surface area contributed by atoms with Crippen LogP contribution in [0.4, 0.5) is 0 Å². The summed E-state index contributed by atoms with van der Waals surface area (Å²) in [6.45, 7) is 5.59. The van der Waals surface area contributed by atoms with Gasteiger partial charge in [-0.2, -0.15) is 5.26 Å². The summed E-state index contributed by atoms with van der Waals surface area (Å²) < 4.78 is 5.63. The van der Waals surface area contributed by atoms with Crippen LogP contribution in [-0.2, 0) is 14.9 Å². The summed E-state index contributed by atoms with van der Waals surface area (Å²) in [5.74, 6) is -0.232.